The van der Waals surface area contributed by atoms with Crippen molar-refractivity contribution in [2.75, 3.05) is 39.3 Å². The van der Waals surface area contributed by atoms with Gasteiger partial charge in [0.15, 0.2) is 5.41 Å². The van der Waals surface area contributed by atoms with Crippen molar-refractivity contribution in [2.24, 2.45) is 28.7 Å². The lowest BCUT2D eigenvalue weighted by molar-refractivity contribution is -0.183. The molecule has 8 N–H and O–H groups in total. The third kappa shape index (κ3) is 18.8. The fourth-order valence-electron chi connectivity index (χ4n) is 7.08. The second-order valence-corrected chi connectivity index (χ2v) is 16.7. The van der Waals surface area contributed by atoms with E-state index in [2.05, 4.69) is 9.80 Å². The number of esters is 2. The first kappa shape index (κ1) is 48.7. The summed E-state index contributed by atoms with van der Waals surface area (Å²) in [5, 5.41) is 36.2. The predicted octanol–water partition coefficient (Wildman–Crippen LogP) is 3.57. The number of aliphatic carboxylic acids is 4. The van der Waals surface area contributed by atoms with Crippen LogP contribution in [0.3, 0.4) is 0 Å². The minimum absolute atomic E-state index is 0.0719. The Bertz CT molecular complexity index is 1140. The first-order valence-corrected chi connectivity index (χ1v) is 19.2. The fraction of sp³-hybridized carbons (Fsp3) is 0.842. The monoisotopic (exact) mass is 772 g/mol. The van der Waals surface area contributed by atoms with Crippen molar-refractivity contribution in [3.8, 4) is 0 Å². The lowest BCUT2D eigenvalue weighted by atomic mass is 9.81. The smallest absolute Gasteiger partial charge is 0.326 e. The molecule has 2 aliphatic heterocycles. The second kappa shape index (κ2) is 22.9. The van der Waals surface area contributed by atoms with Gasteiger partial charge in [-0.3, -0.25) is 38.6 Å². The van der Waals surface area contributed by atoms with Crippen molar-refractivity contribution in [3.63, 3.8) is 0 Å². The lowest BCUT2D eigenvalue weighted by Crippen LogP contribution is -2.55. The zero-order valence-corrected chi connectivity index (χ0v) is 33.3. The molecule has 4 atom stereocenters. The third-order valence-corrected chi connectivity index (χ3v) is 10.0. The summed E-state index contributed by atoms with van der Waals surface area (Å²) in [6.07, 6.45) is 8.43. The van der Waals surface area contributed by atoms with Gasteiger partial charge in [-0.2, -0.15) is 0 Å². The molecule has 0 bridgehead atoms. The molecule has 0 aliphatic carbocycles. The zero-order chi connectivity index (χ0) is 41.3. The lowest BCUT2D eigenvalue weighted by Gasteiger charge is -2.40. The Kier molecular flexibility index (Phi) is 20.6. The van der Waals surface area contributed by atoms with Crippen LogP contribution in [0.4, 0.5) is 0 Å². The second-order valence-electron chi connectivity index (χ2n) is 16.7. The van der Waals surface area contributed by atoms with Gasteiger partial charge in [-0.25, -0.2) is 0 Å². The predicted molar refractivity (Wildman–Crippen MR) is 200 cm³/mol. The topological polar surface area (TPSA) is 260 Å². The average Bonchev–Trinajstić information content (AvgIpc) is 3.04. The van der Waals surface area contributed by atoms with Gasteiger partial charge in [0.2, 0.25) is 0 Å². The SMILES string of the molecule is CC(C)(C)OC(=O)C(CN)(CN)C(=O)OC(C)(C)C.O=C(O)CCC1CC(CCCC2CCN(CCC(=O)O)C(CCC(=O)O)C2)CCN1CCC(=O)O. The number of nitrogens with zero attached hydrogens (tertiary/aromatic N) is 2. The van der Waals surface area contributed by atoms with Crippen molar-refractivity contribution < 1.29 is 58.7 Å². The first-order chi connectivity index (χ1) is 25.0. The molecule has 2 saturated heterocycles. The number of carboxylic acids is 4. The van der Waals surface area contributed by atoms with Crippen LogP contribution in [0, 0.1) is 17.3 Å². The number of carbonyl (C=O) groups excluding carboxylic acids is 2. The summed E-state index contributed by atoms with van der Waals surface area (Å²) in [4.78, 5) is 72.8. The van der Waals surface area contributed by atoms with Gasteiger partial charge in [-0.15, -0.1) is 0 Å². The number of piperidine rings is 2. The summed E-state index contributed by atoms with van der Waals surface area (Å²) in [6, 6.07) is 0.226. The van der Waals surface area contributed by atoms with Crippen LogP contribution in [-0.4, -0.2) is 129 Å². The zero-order valence-electron chi connectivity index (χ0n) is 33.3. The maximum Gasteiger partial charge on any atom is 0.326 e. The summed E-state index contributed by atoms with van der Waals surface area (Å²) < 4.78 is 10.4. The van der Waals surface area contributed by atoms with Gasteiger partial charge >= 0.3 is 35.8 Å². The van der Waals surface area contributed by atoms with Gasteiger partial charge in [0, 0.05) is 51.1 Å². The molecule has 16 nitrogen and oxygen atoms in total. The molecule has 0 aromatic rings. The van der Waals surface area contributed by atoms with E-state index in [9.17, 15) is 28.8 Å². The largest absolute Gasteiger partial charge is 0.481 e. The van der Waals surface area contributed by atoms with E-state index < -0.39 is 52.4 Å². The van der Waals surface area contributed by atoms with Gasteiger partial charge in [0.25, 0.3) is 0 Å². The van der Waals surface area contributed by atoms with Crippen LogP contribution >= 0.6 is 0 Å². The molecule has 0 radical (unpaired) electrons. The summed E-state index contributed by atoms with van der Waals surface area (Å²) in [5.74, 6) is -3.80. The highest BCUT2D eigenvalue weighted by Crippen LogP contribution is 2.33. The van der Waals surface area contributed by atoms with Gasteiger partial charge in [0.05, 0.1) is 12.8 Å². The van der Waals surface area contributed by atoms with E-state index in [0.29, 0.717) is 37.8 Å². The Morgan fingerprint density at radius 2 is 0.907 bits per heavy atom. The molecular weight excluding hydrogens is 704 g/mol. The number of carbonyl (C=O) groups is 6. The van der Waals surface area contributed by atoms with Crippen LogP contribution in [0.15, 0.2) is 0 Å². The maximum absolute atomic E-state index is 12.2. The van der Waals surface area contributed by atoms with E-state index in [-0.39, 0.29) is 50.9 Å². The summed E-state index contributed by atoms with van der Waals surface area (Å²) in [6.45, 7) is 12.3. The Hall–Kier alpha value is -3.34. The van der Waals surface area contributed by atoms with Crippen molar-refractivity contribution in [2.45, 2.75) is 148 Å². The van der Waals surface area contributed by atoms with Gasteiger partial charge in [-0.1, -0.05) is 19.3 Å². The molecule has 2 fully saturated rings. The van der Waals surface area contributed by atoms with E-state index in [4.69, 9.17) is 41.4 Å². The third-order valence-electron chi connectivity index (χ3n) is 10.0. The molecule has 4 unspecified atom stereocenters. The van der Waals surface area contributed by atoms with Gasteiger partial charge < -0.3 is 41.4 Å². The molecule has 2 aliphatic rings. The molecule has 16 heteroatoms. The molecule has 0 aromatic carbocycles. The van der Waals surface area contributed by atoms with E-state index in [0.717, 1.165) is 58.0 Å². The van der Waals surface area contributed by atoms with Gasteiger partial charge in [-0.05, 0) is 105 Å². The Morgan fingerprint density at radius 3 is 1.19 bits per heavy atom. The number of ether oxygens (including phenoxy) is 2. The van der Waals surface area contributed by atoms with Crippen LogP contribution in [-0.2, 0) is 38.2 Å². The highest BCUT2D eigenvalue weighted by atomic mass is 16.6. The normalized spacial score (nSPS) is 21.3. The number of hydrogen-bond donors (Lipinski definition) is 6. The van der Waals surface area contributed by atoms with E-state index >= 15 is 0 Å². The van der Waals surface area contributed by atoms with Crippen molar-refractivity contribution >= 4 is 35.8 Å². The summed E-state index contributed by atoms with van der Waals surface area (Å²) in [5.41, 5.74) is 8.05. The van der Waals surface area contributed by atoms with Crippen LogP contribution < -0.4 is 11.5 Å². The van der Waals surface area contributed by atoms with E-state index in [1.807, 2.05) is 0 Å². The Morgan fingerprint density at radius 1 is 0.574 bits per heavy atom. The van der Waals surface area contributed by atoms with Crippen LogP contribution in [0.1, 0.15) is 125 Å². The summed E-state index contributed by atoms with van der Waals surface area (Å²) >= 11 is 0. The van der Waals surface area contributed by atoms with E-state index in [1.54, 1.807) is 41.5 Å². The molecular formula is C38H68N4O12. The highest BCUT2D eigenvalue weighted by Gasteiger charge is 2.49. The molecule has 312 valence electrons. The minimum atomic E-state index is -1.65. The molecule has 2 rings (SSSR count). The average molecular weight is 773 g/mol. The van der Waals surface area contributed by atoms with Crippen LogP contribution in [0.5, 0.6) is 0 Å². The molecule has 0 amide bonds. The van der Waals surface area contributed by atoms with Gasteiger partial charge in [0.1, 0.15) is 11.2 Å². The number of nitrogens with two attached hydrogens (primary N) is 2. The van der Waals surface area contributed by atoms with Crippen molar-refractivity contribution in [1.82, 2.24) is 9.80 Å². The van der Waals surface area contributed by atoms with Crippen molar-refractivity contribution in [3.05, 3.63) is 0 Å². The Balaban J connectivity index is 0.000000650. The molecule has 54 heavy (non-hydrogen) atoms. The molecule has 0 spiro atoms. The highest BCUT2D eigenvalue weighted by molar-refractivity contribution is 6.01. The first-order valence-electron chi connectivity index (χ1n) is 19.2. The minimum Gasteiger partial charge on any atom is -0.481 e. The van der Waals surface area contributed by atoms with Crippen molar-refractivity contribution in [1.29, 1.82) is 0 Å². The molecule has 2 heterocycles. The quantitative estimate of drug-likeness (QED) is 0.0763. The van der Waals surface area contributed by atoms with E-state index in [1.165, 1.54) is 0 Å². The standard InChI is InChI=1S/C25H42N2O8.C13H26N2O4/c28-22(29)6-4-20-16-18(8-12-26(20)14-10-24(32)33)2-1-3-19-9-13-27(15-11-25(34)35)21(17-19)5-7-23(30)31;1-11(2,3)18-9(16)13(7-14,8-15)10(17)19-12(4,5)6/h18-21H,1-17H2,(H,28,29)(H,30,31)(H,32,33)(H,34,35);7-8,14-15H2,1-6H3. The number of rotatable bonds is 20. The van der Waals surface area contributed by atoms with Crippen LogP contribution in [0.25, 0.3) is 0 Å². The number of likely N-dealkylation sites (tertiary alicyclic amines) is 2. The number of hydrogen-bond acceptors (Lipinski definition) is 12. The molecule has 0 aromatic heterocycles. The summed E-state index contributed by atoms with van der Waals surface area (Å²) in [7, 11) is 0. The Labute approximate surface area is 320 Å². The molecule has 0 saturated carbocycles. The maximum atomic E-state index is 12.2. The number of carboxylic acid groups (broad SMARTS) is 4. The van der Waals surface area contributed by atoms with Crippen LogP contribution in [0.2, 0.25) is 0 Å². The fourth-order valence-corrected chi connectivity index (χ4v) is 7.08.